The van der Waals surface area contributed by atoms with Gasteiger partial charge in [-0.05, 0) is 79.8 Å². The third kappa shape index (κ3) is 8.77. The van der Waals surface area contributed by atoms with Crippen LogP contribution in [0.3, 0.4) is 0 Å². The van der Waals surface area contributed by atoms with E-state index in [4.69, 9.17) is 23.7 Å². The zero-order chi connectivity index (χ0) is 31.7. The Bertz CT molecular complexity index is 1310. The number of rotatable bonds is 8. The monoisotopic (exact) mass is 587 g/mol. The molecule has 1 N–H and O–H groups in total. The summed E-state index contributed by atoms with van der Waals surface area (Å²) in [6.45, 7) is 9.46. The zero-order valence-corrected chi connectivity index (χ0v) is 26.5. The van der Waals surface area contributed by atoms with E-state index in [0.717, 1.165) is 41.5 Å². The van der Waals surface area contributed by atoms with Gasteiger partial charge in [-0.2, -0.15) is 0 Å². The standard InChI is InChI=1S/C20H22O5.C12H23NO4/c1-22-16-9-8-14-12(10-15(16)21)6-5-7-13-11-17(23-2)19(24-3)20(25-4)18(13)14;1-11(2,3)7-12(4,5)9(14)16-8-17-10(15)13-6/h8-11H,5-7H2,1-4H3;7-8H2,1-6H3,(H,13,15). The molecule has 0 aliphatic heterocycles. The van der Waals surface area contributed by atoms with E-state index in [2.05, 4.69) is 30.8 Å². The normalized spacial score (nSPS) is 12.2. The first-order chi connectivity index (χ1) is 19.7. The molecule has 2 aromatic rings. The Labute approximate surface area is 248 Å². The van der Waals surface area contributed by atoms with Crippen molar-refractivity contribution in [3.63, 3.8) is 0 Å². The summed E-state index contributed by atoms with van der Waals surface area (Å²) in [7, 11) is 7.76. The third-order valence-electron chi connectivity index (χ3n) is 6.70. The lowest BCUT2D eigenvalue weighted by atomic mass is 9.76. The van der Waals surface area contributed by atoms with Gasteiger partial charge in [0.15, 0.2) is 17.2 Å². The summed E-state index contributed by atoms with van der Waals surface area (Å²) in [5, 5.41) is 2.26. The predicted octanol–water partition coefficient (Wildman–Crippen LogP) is 5.54. The first-order valence-corrected chi connectivity index (χ1v) is 13.8. The van der Waals surface area contributed by atoms with Crippen LogP contribution in [0.1, 0.15) is 58.6 Å². The Kier molecular flexibility index (Phi) is 12.1. The predicted molar refractivity (Wildman–Crippen MR) is 161 cm³/mol. The van der Waals surface area contributed by atoms with E-state index in [9.17, 15) is 14.4 Å². The number of nitrogens with one attached hydrogen (secondary N) is 1. The van der Waals surface area contributed by atoms with Gasteiger partial charge in [0.25, 0.3) is 0 Å². The minimum atomic E-state index is -0.619. The SMILES string of the molecule is CNC(=O)OCOC(=O)C(C)(C)CC(C)(C)C.COc1cc2c(c(OC)c1OC)-c1ccc(OC)c(=O)cc1CCC2. The fraction of sp³-hybridized carbons (Fsp3) is 0.531. The number of hydrogen-bond donors (Lipinski definition) is 1. The number of carbonyl (C=O) groups excluding carboxylic acids is 2. The minimum Gasteiger partial charge on any atom is -0.493 e. The van der Waals surface area contributed by atoms with Gasteiger partial charge in [-0.25, -0.2) is 4.79 Å². The molecule has 0 radical (unpaired) electrons. The summed E-state index contributed by atoms with van der Waals surface area (Å²) >= 11 is 0. The van der Waals surface area contributed by atoms with Crippen LogP contribution >= 0.6 is 0 Å². The maximum Gasteiger partial charge on any atom is 0.409 e. The number of amides is 1. The van der Waals surface area contributed by atoms with Crippen molar-refractivity contribution in [2.75, 3.05) is 42.3 Å². The van der Waals surface area contributed by atoms with Gasteiger partial charge < -0.3 is 33.7 Å². The zero-order valence-electron chi connectivity index (χ0n) is 26.5. The number of methoxy groups -OCH3 is 4. The van der Waals surface area contributed by atoms with E-state index < -0.39 is 11.5 Å². The minimum absolute atomic E-state index is 0.0319. The largest absolute Gasteiger partial charge is 0.493 e. The second-order valence-electron chi connectivity index (χ2n) is 11.7. The van der Waals surface area contributed by atoms with Crippen LogP contribution in [-0.2, 0) is 27.1 Å². The van der Waals surface area contributed by atoms with Gasteiger partial charge in [0, 0.05) is 12.6 Å². The van der Waals surface area contributed by atoms with E-state index in [1.54, 1.807) is 33.5 Å². The maximum atomic E-state index is 12.3. The Hall–Kier alpha value is -3.95. The number of ether oxygens (including phenoxy) is 6. The molecule has 0 bridgehead atoms. The lowest BCUT2D eigenvalue weighted by Gasteiger charge is -2.30. The summed E-state index contributed by atoms with van der Waals surface area (Å²) in [6.07, 6.45) is 2.69. The second-order valence-corrected chi connectivity index (χ2v) is 11.7. The van der Waals surface area contributed by atoms with Crippen molar-refractivity contribution in [3.05, 3.63) is 45.6 Å². The molecule has 10 heteroatoms. The van der Waals surface area contributed by atoms with Gasteiger partial charge in [-0.15, -0.1) is 0 Å². The molecule has 0 aromatic heterocycles. The molecule has 0 fully saturated rings. The molecular formula is C32H45NO9. The average molecular weight is 588 g/mol. The molecule has 42 heavy (non-hydrogen) atoms. The molecular weight excluding hydrogens is 542 g/mol. The third-order valence-corrected chi connectivity index (χ3v) is 6.70. The molecule has 3 rings (SSSR count). The van der Waals surface area contributed by atoms with E-state index in [-0.39, 0.29) is 23.6 Å². The quantitative estimate of drug-likeness (QED) is 0.314. The number of fused-ring (bicyclic) bond motifs is 3. The fourth-order valence-electron chi connectivity index (χ4n) is 5.25. The molecule has 0 saturated heterocycles. The van der Waals surface area contributed by atoms with Crippen LogP contribution in [-0.4, -0.2) is 54.3 Å². The lowest BCUT2D eigenvalue weighted by molar-refractivity contribution is -0.164. The lowest BCUT2D eigenvalue weighted by Crippen LogP contribution is -2.32. The van der Waals surface area contributed by atoms with Gasteiger partial charge in [0.2, 0.25) is 18.0 Å². The number of esters is 1. The van der Waals surface area contributed by atoms with E-state index in [0.29, 0.717) is 29.4 Å². The molecule has 2 aromatic carbocycles. The first kappa shape index (κ1) is 34.3. The highest BCUT2D eigenvalue weighted by Crippen LogP contribution is 2.49. The summed E-state index contributed by atoms with van der Waals surface area (Å²) in [6, 6.07) is 7.30. The highest BCUT2D eigenvalue weighted by molar-refractivity contribution is 5.82. The number of hydrogen-bond acceptors (Lipinski definition) is 9. The van der Waals surface area contributed by atoms with Crippen molar-refractivity contribution in [1.82, 2.24) is 5.32 Å². The van der Waals surface area contributed by atoms with Crippen molar-refractivity contribution in [3.8, 4) is 34.1 Å². The number of alkyl carbamates (subject to hydrolysis) is 1. The van der Waals surface area contributed by atoms with Crippen LogP contribution in [0.25, 0.3) is 11.1 Å². The molecule has 1 aliphatic carbocycles. The molecule has 1 aliphatic rings. The molecule has 0 spiro atoms. The molecule has 0 unspecified atom stereocenters. The molecule has 0 saturated carbocycles. The van der Waals surface area contributed by atoms with Crippen molar-refractivity contribution >= 4 is 12.1 Å². The summed E-state index contributed by atoms with van der Waals surface area (Å²) in [4.78, 5) is 34.8. The van der Waals surface area contributed by atoms with Crippen LogP contribution < -0.4 is 29.7 Å². The van der Waals surface area contributed by atoms with Crippen LogP contribution in [0.5, 0.6) is 23.0 Å². The van der Waals surface area contributed by atoms with Crippen molar-refractivity contribution in [1.29, 1.82) is 0 Å². The Morgan fingerprint density at radius 3 is 1.98 bits per heavy atom. The van der Waals surface area contributed by atoms with Crippen LogP contribution in [0.2, 0.25) is 0 Å². The van der Waals surface area contributed by atoms with Gasteiger partial charge in [-0.3, -0.25) is 9.59 Å². The Balaban J connectivity index is 0.000000319. The van der Waals surface area contributed by atoms with Crippen LogP contribution in [0.4, 0.5) is 4.79 Å². The fourth-order valence-corrected chi connectivity index (χ4v) is 5.25. The first-order valence-electron chi connectivity index (χ1n) is 13.8. The highest BCUT2D eigenvalue weighted by Gasteiger charge is 2.34. The highest BCUT2D eigenvalue weighted by atomic mass is 16.7. The number of carbonyl (C=O) groups is 2. The summed E-state index contributed by atoms with van der Waals surface area (Å²) in [5.41, 5.74) is 3.33. The Morgan fingerprint density at radius 2 is 1.43 bits per heavy atom. The molecule has 1 amide bonds. The van der Waals surface area contributed by atoms with Gasteiger partial charge >= 0.3 is 12.1 Å². The van der Waals surface area contributed by atoms with Gasteiger partial charge in [0.1, 0.15) is 0 Å². The van der Waals surface area contributed by atoms with Gasteiger partial charge in [0.05, 0.1) is 33.9 Å². The smallest absolute Gasteiger partial charge is 0.409 e. The average Bonchev–Trinajstić information content (AvgIpc) is 3.19. The molecule has 0 heterocycles. The number of aryl methyl sites for hydroxylation is 2. The van der Waals surface area contributed by atoms with E-state index in [1.807, 2.05) is 26.0 Å². The molecule has 10 nitrogen and oxygen atoms in total. The number of benzene rings is 1. The van der Waals surface area contributed by atoms with E-state index in [1.165, 1.54) is 14.2 Å². The van der Waals surface area contributed by atoms with Crippen LogP contribution in [0, 0.1) is 10.8 Å². The molecule has 0 atom stereocenters. The topological polar surface area (TPSA) is 119 Å². The van der Waals surface area contributed by atoms with Crippen molar-refractivity contribution in [2.24, 2.45) is 10.8 Å². The molecule has 232 valence electrons. The van der Waals surface area contributed by atoms with Crippen LogP contribution in [0.15, 0.2) is 29.1 Å². The Morgan fingerprint density at radius 1 is 0.810 bits per heavy atom. The summed E-state index contributed by atoms with van der Waals surface area (Å²) in [5.74, 6) is 1.78. The van der Waals surface area contributed by atoms with Crippen molar-refractivity contribution < 1.29 is 38.0 Å². The maximum absolute atomic E-state index is 12.3. The van der Waals surface area contributed by atoms with Gasteiger partial charge in [-0.1, -0.05) is 26.8 Å². The summed E-state index contributed by atoms with van der Waals surface area (Å²) < 4.78 is 31.4. The van der Waals surface area contributed by atoms with E-state index >= 15 is 0 Å². The second kappa shape index (κ2) is 14.8. The van der Waals surface area contributed by atoms with Crippen molar-refractivity contribution in [2.45, 2.75) is 60.3 Å².